The fourth-order valence-corrected chi connectivity index (χ4v) is 3.73. The van der Waals surface area contributed by atoms with Crippen molar-refractivity contribution < 1.29 is 14.0 Å². The van der Waals surface area contributed by atoms with E-state index in [1.807, 2.05) is 18.2 Å². The van der Waals surface area contributed by atoms with E-state index in [-0.39, 0.29) is 17.8 Å². The van der Waals surface area contributed by atoms with Gasteiger partial charge in [0.25, 0.3) is 0 Å². The lowest BCUT2D eigenvalue weighted by Crippen LogP contribution is -2.31. The van der Waals surface area contributed by atoms with Crippen LogP contribution in [0.3, 0.4) is 0 Å². The standard InChI is InChI=1S/C20H22FN3O2S/c21-15-8-10-16(11-9-15)27-14-4-12-22-20(26)23-17-5-1-2-6-18(17)24-13-3-7-19(24)25/h1-2,5-6,8-11H,3-4,7,12-14H2,(H2,22,23,26). The molecule has 0 radical (unpaired) electrons. The predicted octanol–water partition coefficient (Wildman–Crippen LogP) is 4.26. The van der Waals surface area contributed by atoms with Crippen LogP contribution in [-0.2, 0) is 4.79 Å². The van der Waals surface area contributed by atoms with Crippen molar-refractivity contribution >= 4 is 35.1 Å². The number of para-hydroxylation sites is 2. The SMILES string of the molecule is O=C(NCCCSc1ccc(F)cc1)Nc1ccccc1N1CCCC1=O. The molecular formula is C20H22FN3O2S. The number of hydrogen-bond acceptors (Lipinski definition) is 3. The van der Waals surface area contributed by atoms with Gasteiger partial charge in [-0.2, -0.15) is 0 Å². The van der Waals surface area contributed by atoms with Gasteiger partial charge in [0.05, 0.1) is 11.4 Å². The monoisotopic (exact) mass is 387 g/mol. The van der Waals surface area contributed by atoms with Crippen molar-refractivity contribution in [2.24, 2.45) is 0 Å². The molecule has 0 unspecified atom stereocenters. The second kappa shape index (κ2) is 9.41. The maximum absolute atomic E-state index is 12.9. The summed E-state index contributed by atoms with van der Waals surface area (Å²) < 4.78 is 12.9. The quantitative estimate of drug-likeness (QED) is 0.551. The van der Waals surface area contributed by atoms with Crippen molar-refractivity contribution in [2.45, 2.75) is 24.2 Å². The van der Waals surface area contributed by atoms with Crippen molar-refractivity contribution in [3.8, 4) is 0 Å². The zero-order valence-electron chi connectivity index (χ0n) is 14.9. The summed E-state index contributed by atoms with van der Waals surface area (Å²) in [6, 6.07) is 13.4. The number of carbonyl (C=O) groups excluding carboxylic acids is 2. The minimum Gasteiger partial charge on any atom is -0.338 e. The van der Waals surface area contributed by atoms with Crippen molar-refractivity contribution in [1.82, 2.24) is 5.32 Å². The van der Waals surface area contributed by atoms with E-state index in [4.69, 9.17) is 0 Å². The minimum absolute atomic E-state index is 0.0856. The number of hydrogen-bond donors (Lipinski definition) is 2. The largest absolute Gasteiger partial charge is 0.338 e. The number of carbonyl (C=O) groups is 2. The van der Waals surface area contributed by atoms with E-state index in [1.165, 1.54) is 12.1 Å². The molecule has 1 saturated heterocycles. The van der Waals surface area contributed by atoms with Crippen LogP contribution in [0.15, 0.2) is 53.4 Å². The van der Waals surface area contributed by atoms with Gasteiger partial charge in [-0.3, -0.25) is 4.79 Å². The van der Waals surface area contributed by atoms with E-state index in [0.29, 0.717) is 25.2 Å². The molecule has 27 heavy (non-hydrogen) atoms. The van der Waals surface area contributed by atoms with Gasteiger partial charge >= 0.3 is 6.03 Å². The molecule has 0 spiro atoms. The van der Waals surface area contributed by atoms with Crippen LogP contribution in [-0.4, -0.2) is 30.8 Å². The molecule has 2 N–H and O–H groups in total. The normalized spacial score (nSPS) is 13.7. The first-order chi connectivity index (χ1) is 13.1. The molecule has 0 bridgehead atoms. The van der Waals surface area contributed by atoms with Crippen LogP contribution in [0.5, 0.6) is 0 Å². The topological polar surface area (TPSA) is 61.4 Å². The maximum Gasteiger partial charge on any atom is 0.319 e. The van der Waals surface area contributed by atoms with Crippen molar-refractivity contribution in [2.75, 3.05) is 29.1 Å². The molecule has 1 aliphatic heterocycles. The van der Waals surface area contributed by atoms with Crippen LogP contribution in [0.1, 0.15) is 19.3 Å². The highest BCUT2D eigenvalue weighted by molar-refractivity contribution is 7.99. The Balaban J connectivity index is 1.43. The van der Waals surface area contributed by atoms with E-state index in [2.05, 4.69) is 10.6 Å². The highest BCUT2D eigenvalue weighted by atomic mass is 32.2. The first kappa shape index (κ1) is 19.2. The summed E-state index contributed by atoms with van der Waals surface area (Å²) in [7, 11) is 0. The summed E-state index contributed by atoms with van der Waals surface area (Å²) in [4.78, 5) is 26.8. The van der Waals surface area contributed by atoms with Crippen LogP contribution in [0.2, 0.25) is 0 Å². The Bertz CT molecular complexity index is 798. The van der Waals surface area contributed by atoms with Gasteiger partial charge in [-0.05, 0) is 55.0 Å². The van der Waals surface area contributed by atoms with Crippen molar-refractivity contribution in [3.63, 3.8) is 0 Å². The molecule has 0 atom stereocenters. The molecule has 0 aromatic heterocycles. The minimum atomic E-state index is -0.291. The summed E-state index contributed by atoms with van der Waals surface area (Å²) in [5.41, 5.74) is 1.37. The Hall–Kier alpha value is -2.54. The number of benzene rings is 2. The van der Waals surface area contributed by atoms with Gasteiger partial charge in [-0.1, -0.05) is 12.1 Å². The number of urea groups is 1. The molecule has 3 rings (SSSR count). The lowest BCUT2D eigenvalue weighted by Gasteiger charge is -2.20. The van der Waals surface area contributed by atoms with E-state index in [0.717, 1.165) is 29.2 Å². The lowest BCUT2D eigenvalue weighted by molar-refractivity contribution is -0.117. The lowest BCUT2D eigenvalue weighted by atomic mass is 10.2. The van der Waals surface area contributed by atoms with E-state index < -0.39 is 0 Å². The summed E-state index contributed by atoms with van der Waals surface area (Å²) in [6.45, 7) is 1.21. The van der Waals surface area contributed by atoms with Gasteiger partial charge < -0.3 is 15.5 Å². The first-order valence-corrected chi connectivity index (χ1v) is 9.94. The molecule has 5 nitrogen and oxygen atoms in total. The Morgan fingerprint density at radius 2 is 1.93 bits per heavy atom. The zero-order valence-corrected chi connectivity index (χ0v) is 15.7. The average molecular weight is 387 g/mol. The number of nitrogens with zero attached hydrogens (tertiary/aromatic N) is 1. The third-order valence-corrected chi connectivity index (χ3v) is 5.30. The molecule has 7 heteroatoms. The highest BCUT2D eigenvalue weighted by Crippen LogP contribution is 2.29. The number of amides is 3. The van der Waals surface area contributed by atoms with Gasteiger partial charge in [-0.15, -0.1) is 11.8 Å². The van der Waals surface area contributed by atoms with E-state index in [1.54, 1.807) is 34.9 Å². The third kappa shape index (κ3) is 5.47. The third-order valence-electron chi connectivity index (χ3n) is 4.21. The smallest absolute Gasteiger partial charge is 0.319 e. The molecule has 3 amide bonds. The van der Waals surface area contributed by atoms with Crippen LogP contribution >= 0.6 is 11.8 Å². The van der Waals surface area contributed by atoms with Gasteiger partial charge in [-0.25, -0.2) is 9.18 Å². The Morgan fingerprint density at radius 1 is 1.15 bits per heavy atom. The van der Waals surface area contributed by atoms with Gasteiger partial charge in [0.1, 0.15) is 5.82 Å². The summed E-state index contributed by atoms with van der Waals surface area (Å²) >= 11 is 1.62. The number of nitrogens with one attached hydrogen (secondary N) is 2. The molecule has 1 aliphatic rings. The number of thioether (sulfide) groups is 1. The second-order valence-corrected chi connectivity index (χ2v) is 7.37. The van der Waals surface area contributed by atoms with Crippen molar-refractivity contribution in [1.29, 1.82) is 0 Å². The van der Waals surface area contributed by atoms with Crippen molar-refractivity contribution in [3.05, 3.63) is 54.3 Å². The molecule has 0 saturated carbocycles. The fraction of sp³-hybridized carbons (Fsp3) is 0.300. The second-order valence-electron chi connectivity index (χ2n) is 6.20. The summed E-state index contributed by atoms with van der Waals surface area (Å²) in [6.07, 6.45) is 2.18. The summed E-state index contributed by atoms with van der Waals surface area (Å²) in [5.74, 6) is 0.668. The zero-order chi connectivity index (χ0) is 19.1. The number of anilines is 2. The molecular weight excluding hydrogens is 365 g/mol. The molecule has 2 aromatic carbocycles. The van der Waals surface area contributed by atoms with E-state index >= 15 is 0 Å². The van der Waals surface area contributed by atoms with Gasteiger partial charge in [0.2, 0.25) is 5.91 Å². The maximum atomic E-state index is 12.9. The predicted molar refractivity (Wildman–Crippen MR) is 107 cm³/mol. The highest BCUT2D eigenvalue weighted by Gasteiger charge is 2.24. The molecule has 0 aliphatic carbocycles. The summed E-state index contributed by atoms with van der Waals surface area (Å²) in [5, 5.41) is 5.66. The number of rotatable bonds is 7. The Morgan fingerprint density at radius 3 is 2.67 bits per heavy atom. The van der Waals surface area contributed by atoms with E-state index in [9.17, 15) is 14.0 Å². The van der Waals surface area contributed by atoms with Crippen LogP contribution in [0, 0.1) is 5.82 Å². The number of halogens is 1. The van der Waals surface area contributed by atoms with Crippen LogP contribution < -0.4 is 15.5 Å². The molecule has 1 fully saturated rings. The molecule has 142 valence electrons. The molecule has 1 heterocycles. The first-order valence-electron chi connectivity index (χ1n) is 8.96. The van der Waals surface area contributed by atoms with Crippen LogP contribution in [0.4, 0.5) is 20.6 Å². The molecule has 2 aromatic rings. The van der Waals surface area contributed by atoms with Gasteiger partial charge in [0.15, 0.2) is 0 Å². The Labute approximate surface area is 162 Å². The Kier molecular flexibility index (Phi) is 6.70. The van der Waals surface area contributed by atoms with Crippen LogP contribution in [0.25, 0.3) is 0 Å². The van der Waals surface area contributed by atoms with Gasteiger partial charge in [0, 0.05) is 24.4 Å². The fourth-order valence-electron chi connectivity index (χ4n) is 2.88. The average Bonchev–Trinajstić information content (AvgIpc) is 3.09.